The monoisotopic (exact) mass is 216 g/mol. The lowest BCUT2D eigenvalue weighted by Gasteiger charge is -2.28. The van der Waals surface area contributed by atoms with E-state index >= 15 is 0 Å². The fourth-order valence-corrected chi connectivity index (χ4v) is 3.46. The molecular formula is C11H20O2S. The molecule has 1 saturated carbocycles. The molecule has 82 valence electrons. The molecule has 0 radical (unpaired) electrons. The molecule has 0 aromatic carbocycles. The normalized spacial score (nSPS) is 29.9. The van der Waals surface area contributed by atoms with Gasteiger partial charge in [0.15, 0.2) is 0 Å². The van der Waals surface area contributed by atoms with Crippen LogP contribution < -0.4 is 0 Å². The number of hydrogen-bond donors (Lipinski definition) is 1. The fourth-order valence-electron chi connectivity index (χ4n) is 2.08. The maximum Gasteiger partial charge on any atom is 0.316 e. The van der Waals surface area contributed by atoms with Crippen LogP contribution in [0.5, 0.6) is 0 Å². The van der Waals surface area contributed by atoms with Crippen LogP contribution in [0.15, 0.2) is 0 Å². The lowest BCUT2D eigenvalue weighted by Crippen LogP contribution is -2.22. The lowest BCUT2D eigenvalue weighted by molar-refractivity contribution is -0.136. The van der Waals surface area contributed by atoms with E-state index in [9.17, 15) is 4.79 Å². The first-order valence-corrected chi connectivity index (χ1v) is 6.46. The summed E-state index contributed by atoms with van der Waals surface area (Å²) >= 11 is 1.65. The van der Waals surface area contributed by atoms with Gasteiger partial charge in [-0.3, -0.25) is 4.79 Å². The van der Waals surface area contributed by atoms with E-state index in [1.807, 2.05) is 0 Å². The first-order chi connectivity index (χ1) is 6.63. The van der Waals surface area contributed by atoms with Crippen LogP contribution in [0.25, 0.3) is 0 Å². The standard InChI is InChI=1S/C11H20O2S/c1-3-9-5-4-6-10(7-9)14-8(2)11(12)13/h8-10H,3-7H2,1-2H3,(H,12,13). The molecule has 0 amide bonds. The number of aliphatic carboxylic acids is 1. The summed E-state index contributed by atoms with van der Waals surface area (Å²) in [5, 5.41) is 9.16. The molecule has 3 unspecified atom stereocenters. The molecule has 1 N–H and O–H groups in total. The Labute approximate surface area is 90.5 Å². The van der Waals surface area contributed by atoms with Crippen LogP contribution in [0.1, 0.15) is 46.0 Å². The average molecular weight is 216 g/mol. The molecule has 0 aliphatic heterocycles. The van der Waals surface area contributed by atoms with Gasteiger partial charge in [-0.2, -0.15) is 0 Å². The minimum Gasteiger partial charge on any atom is -0.480 e. The van der Waals surface area contributed by atoms with Crippen LogP contribution in [0.4, 0.5) is 0 Å². The lowest BCUT2D eigenvalue weighted by atomic mass is 9.87. The van der Waals surface area contributed by atoms with E-state index < -0.39 is 5.97 Å². The Balaban J connectivity index is 2.33. The fraction of sp³-hybridized carbons (Fsp3) is 0.909. The zero-order valence-electron chi connectivity index (χ0n) is 9.03. The molecule has 0 heterocycles. The molecule has 14 heavy (non-hydrogen) atoms. The second kappa shape index (κ2) is 5.64. The zero-order chi connectivity index (χ0) is 10.6. The predicted molar refractivity (Wildman–Crippen MR) is 60.7 cm³/mol. The Morgan fingerprint density at radius 2 is 2.29 bits per heavy atom. The molecule has 1 aliphatic carbocycles. The summed E-state index contributed by atoms with van der Waals surface area (Å²) in [4.78, 5) is 10.7. The third-order valence-corrected chi connectivity index (χ3v) is 4.48. The highest BCUT2D eigenvalue weighted by molar-refractivity contribution is 8.01. The van der Waals surface area contributed by atoms with E-state index in [4.69, 9.17) is 5.11 Å². The van der Waals surface area contributed by atoms with Gasteiger partial charge >= 0.3 is 5.97 Å². The molecule has 0 saturated heterocycles. The van der Waals surface area contributed by atoms with Crippen molar-refractivity contribution in [3.8, 4) is 0 Å². The van der Waals surface area contributed by atoms with Gasteiger partial charge in [0.25, 0.3) is 0 Å². The van der Waals surface area contributed by atoms with Gasteiger partial charge in [-0.25, -0.2) is 0 Å². The molecule has 0 bridgehead atoms. The van der Waals surface area contributed by atoms with E-state index in [0.29, 0.717) is 5.25 Å². The van der Waals surface area contributed by atoms with Crippen LogP contribution >= 0.6 is 11.8 Å². The van der Waals surface area contributed by atoms with Gasteiger partial charge in [-0.15, -0.1) is 11.8 Å². The van der Waals surface area contributed by atoms with Crippen molar-refractivity contribution in [3.05, 3.63) is 0 Å². The molecule has 3 heteroatoms. The topological polar surface area (TPSA) is 37.3 Å². The number of hydrogen-bond acceptors (Lipinski definition) is 2. The summed E-state index contributed by atoms with van der Waals surface area (Å²) in [6, 6.07) is 0. The number of thioether (sulfide) groups is 1. The summed E-state index contributed by atoms with van der Waals surface area (Å²) < 4.78 is 0. The minimum absolute atomic E-state index is 0.240. The molecule has 2 nitrogen and oxygen atoms in total. The largest absolute Gasteiger partial charge is 0.480 e. The van der Waals surface area contributed by atoms with Crippen molar-refractivity contribution in [2.45, 2.75) is 56.5 Å². The van der Waals surface area contributed by atoms with Crippen molar-refractivity contribution in [1.29, 1.82) is 0 Å². The van der Waals surface area contributed by atoms with Gasteiger partial charge in [0.1, 0.15) is 0 Å². The van der Waals surface area contributed by atoms with E-state index in [-0.39, 0.29) is 5.25 Å². The highest BCUT2D eigenvalue weighted by Gasteiger charge is 2.24. The van der Waals surface area contributed by atoms with Gasteiger partial charge in [0.2, 0.25) is 0 Å². The van der Waals surface area contributed by atoms with Gasteiger partial charge in [0.05, 0.1) is 5.25 Å². The number of carbonyl (C=O) groups is 1. The summed E-state index contributed by atoms with van der Waals surface area (Å²) in [7, 11) is 0. The second-order valence-electron chi connectivity index (χ2n) is 4.18. The number of carboxylic acid groups (broad SMARTS) is 1. The Bertz CT molecular complexity index is 194. The molecule has 1 rings (SSSR count). The maximum atomic E-state index is 10.7. The third-order valence-electron chi connectivity index (χ3n) is 3.06. The SMILES string of the molecule is CCC1CCCC(SC(C)C(=O)O)C1. The molecule has 3 atom stereocenters. The number of carboxylic acids is 1. The highest BCUT2D eigenvalue weighted by Crippen LogP contribution is 2.35. The van der Waals surface area contributed by atoms with Crippen LogP contribution in [-0.2, 0) is 4.79 Å². The van der Waals surface area contributed by atoms with Crippen LogP contribution in [0.2, 0.25) is 0 Å². The Morgan fingerprint density at radius 1 is 1.57 bits per heavy atom. The van der Waals surface area contributed by atoms with Crippen molar-refractivity contribution in [2.75, 3.05) is 0 Å². The Hall–Kier alpha value is -0.180. The van der Waals surface area contributed by atoms with Crippen LogP contribution in [0.3, 0.4) is 0 Å². The van der Waals surface area contributed by atoms with Crippen LogP contribution in [0, 0.1) is 5.92 Å². The molecule has 1 fully saturated rings. The summed E-state index contributed by atoms with van der Waals surface area (Å²) in [5.41, 5.74) is 0. The Morgan fingerprint density at radius 3 is 2.86 bits per heavy atom. The molecular weight excluding hydrogens is 196 g/mol. The molecule has 1 aliphatic rings. The number of rotatable bonds is 4. The van der Waals surface area contributed by atoms with Gasteiger partial charge in [-0.1, -0.05) is 26.2 Å². The summed E-state index contributed by atoms with van der Waals surface area (Å²) in [6.45, 7) is 4.03. The quantitative estimate of drug-likeness (QED) is 0.784. The average Bonchev–Trinajstić information content (AvgIpc) is 2.18. The Kier molecular flexibility index (Phi) is 4.79. The van der Waals surface area contributed by atoms with Crippen molar-refractivity contribution in [1.82, 2.24) is 0 Å². The van der Waals surface area contributed by atoms with E-state index in [2.05, 4.69) is 6.92 Å². The van der Waals surface area contributed by atoms with Gasteiger partial charge in [-0.05, 0) is 25.7 Å². The minimum atomic E-state index is -0.673. The van der Waals surface area contributed by atoms with E-state index in [1.54, 1.807) is 18.7 Å². The van der Waals surface area contributed by atoms with Crippen molar-refractivity contribution in [3.63, 3.8) is 0 Å². The summed E-state index contributed by atoms with van der Waals surface area (Å²) in [5.74, 6) is 0.163. The van der Waals surface area contributed by atoms with Crippen molar-refractivity contribution >= 4 is 17.7 Å². The van der Waals surface area contributed by atoms with E-state index in [0.717, 1.165) is 5.92 Å². The molecule has 0 aromatic heterocycles. The predicted octanol–water partition coefficient (Wildman–Crippen LogP) is 3.16. The third kappa shape index (κ3) is 3.52. The van der Waals surface area contributed by atoms with Gasteiger partial charge in [0, 0.05) is 5.25 Å². The first kappa shape index (κ1) is 11.9. The van der Waals surface area contributed by atoms with Crippen molar-refractivity contribution in [2.24, 2.45) is 5.92 Å². The van der Waals surface area contributed by atoms with Crippen molar-refractivity contribution < 1.29 is 9.90 Å². The maximum absolute atomic E-state index is 10.7. The molecule has 0 aromatic rings. The van der Waals surface area contributed by atoms with E-state index in [1.165, 1.54) is 32.1 Å². The van der Waals surface area contributed by atoms with Gasteiger partial charge < -0.3 is 5.11 Å². The highest BCUT2D eigenvalue weighted by atomic mass is 32.2. The molecule has 0 spiro atoms. The van der Waals surface area contributed by atoms with Crippen LogP contribution in [-0.4, -0.2) is 21.6 Å². The first-order valence-electron chi connectivity index (χ1n) is 5.51. The zero-order valence-corrected chi connectivity index (χ0v) is 9.85. The summed E-state index contributed by atoms with van der Waals surface area (Å²) in [6.07, 6.45) is 6.30. The second-order valence-corrected chi connectivity index (χ2v) is 5.83. The smallest absolute Gasteiger partial charge is 0.316 e.